The van der Waals surface area contributed by atoms with Gasteiger partial charge in [0.1, 0.15) is 5.82 Å². The number of hydrogen-bond donors (Lipinski definition) is 1. The van der Waals surface area contributed by atoms with Crippen LogP contribution in [-0.2, 0) is 0 Å². The Balaban J connectivity index is 2.49. The van der Waals surface area contributed by atoms with Crippen molar-refractivity contribution in [3.05, 3.63) is 67.9 Å². The molecule has 0 aliphatic rings. The van der Waals surface area contributed by atoms with Crippen LogP contribution in [0.15, 0.2) is 40.9 Å². The van der Waals surface area contributed by atoms with Crippen LogP contribution in [0.5, 0.6) is 0 Å². The van der Waals surface area contributed by atoms with Gasteiger partial charge in [-0.1, -0.05) is 46.1 Å². The molecule has 0 heterocycles. The molecule has 0 amide bonds. The Hall–Kier alpha value is -0.610. The van der Waals surface area contributed by atoms with Crippen LogP contribution in [0.2, 0.25) is 10.0 Å². The molecule has 0 aromatic heterocycles. The lowest BCUT2D eigenvalue weighted by molar-refractivity contribution is 0.546. The number of halogens is 4. The van der Waals surface area contributed by atoms with Gasteiger partial charge in [0, 0.05) is 20.1 Å². The summed E-state index contributed by atoms with van der Waals surface area (Å²) in [5.74, 6) is -0.261. The molecule has 2 rings (SSSR count). The predicted octanol–water partition coefficient (Wildman–Crippen LogP) is 5.98. The normalized spacial score (nSPS) is 12.4. The number of rotatable bonds is 5. The molecule has 112 valence electrons. The monoisotopic (exact) mass is 389 g/mol. The van der Waals surface area contributed by atoms with Crippen LogP contribution in [0.3, 0.4) is 0 Å². The molecule has 2 aromatic carbocycles. The van der Waals surface area contributed by atoms with Gasteiger partial charge >= 0.3 is 0 Å². The Kier molecular flexibility index (Phi) is 6.06. The third-order valence-electron chi connectivity index (χ3n) is 3.09. The van der Waals surface area contributed by atoms with E-state index < -0.39 is 0 Å². The molecule has 0 fully saturated rings. The van der Waals surface area contributed by atoms with E-state index in [9.17, 15) is 4.39 Å². The summed E-state index contributed by atoms with van der Waals surface area (Å²) in [4.78, 5) is 0. The van der Waals surface area contributed by atoms with Gasteiger partial charge in [-0.05, 0) is 54.9 Å². The van der Waals surface area contributed by atoms with Gasteiger partial charge in [0.25, 0.3) is 0 Å². The van der Waals surface area contributed by atoms with Crippen molar-refractivity contribution in [2.24, 2.45) is 0 Å². The highest BCUT2D eigenvalue weighted by Gasteiger charge is 2.18. The molecule has 1 unspecified atom stereocenters. The Morgan fingerprint density at radius 3 is 2.43 bits per heavy atom. The van der Waals surface area contributed by atoms with Crippen molar-refractivity contribution < 1.29 is 4.39 Å². The van der Waals surface area contributed by atoms with Gasteiger partial charge in [0.2, 0.25) is 0 Å². The maximum atomic E-state index is 14.2. The maximum absolute atomic E-state index is 14.2. The van der Waals surface area contributed by atoms with E-state index in [4.69, 9.17) is 23.2 Å². The quantitative estimate of drug-likeness (QED) is 0.661. The molecule has 0 saturated heterocycles. The molecule has 0 aliphatic carbocycles. The lowest BCUT2D eigenvalue weighted by atomic mass is 9.98. The molecule has 0 radical (unpaired) electrons. The molecule has 0 aliphatic heterocycles. The fourth-order valence-corrected chi connectivity index (χ4v) is 3.10. The van der Waals surface area contributed by atoms with Crippen LogP contribution < -0.4 is 5.32 Å². The Morgan fingerprint density at radius 1 is 1.14 bits per heavy atom. The third-order valence-corrected chi connectivity index (χ3v) is 4.02. The van der Waals surface area contributed by atoms with Crippen molar-refractivity contribution in [3.63, 3.8) is 0 Å². The van der Waals surface area contributed by atoms with Gasteiger partial charge in [0.05, 0.1) is 6.04 Å². The molecular weight excluding hydrogens is 376 g/mol. The first-order valence-electron chi connectivity index (χ1n) is 6.65. The molecule has 0 bridgehead atoms. The molecule has 1 N–H and O–H groups in total. The molecule has 21 heavy (non-hydrogen) atoms. The molecule has 1 atom stereocenters. The van der Waals surface area contributed by atoms with Gasteiger partial charge in [-0.2, -0.15) is 0 Å². The second-order valence-corrected chi connectivity index (χ2v) is 6.54. The molecule has 0 saturated carbocycles. The zero-order valence-corrected chi connectivity index (χ0v) is 14.6. The SMILES string of the molecule is CCCNC(c1cc(Cl)cc(Cl)c1)c1cc(Br)ccc1F. The highest BCUT2D eigenvalue weighted by atomic mass is 79.9. The topological polar surface area (TPSA) is 12.0 Å². The van der Waals surface area contributed by atoms with Gasteiger partial charge in [-0.3, -0.25) is 0 Å². The number of hydrogen-bond acceptors (Lipinski definition) is 1. The number of nitrogens with one attached hydrogen (secondary N) is 1. The summed E-state index contributed by atoms with van der Waals surface area (Å²) in [6.45, 7) is 2.83. The maximum Gasteiger partial charge on any atom is 0.128 e. The minimum Gasteiger partial charge on any atom is -0.306 e. The summed E-state index contributed by atoms with van der Waals surface area (Å²) in [6, 6.07) is 9.89. The Morgan fingerprint density at radius 2 is 1.81 bits per heavy atom. The van der Waals surface area contributed by atoms with Gasteiger partial charge in [0.15, 0.2) is 0 Å². The minimum atomic E-state index is -0.293. The van der Waals surface area contributed by atoms with Crippen molar-refractivity contribution in [2.75, 3.05) is 6.54 Å². The summed E-state index contributed by atoms with van der Waals surface area (Å²) in [6.07, 6.45) is 0.945. The first-order chi connectivity index (χ1) is 10.0. The zero-order valence-electron chi connectivity index (χ0n) is 11.5. The summed E-state index contributed by atoms with van der Waals surface area (Å²) >= 11 is 15.5. The van der Waals surface area contributed by atoms with E-state index in [1.165, 1.54) is 6.07 Å². The van der Waals surface area contributed by atoms with Crippen LogP contribution >= 0.6 is 39.1 Å². The van der Waals surface area contributed by atoms with E-state index in [1.54, 1.807) is 30.3 Å². The van der Waals surface area contributed by atoms with Crippen LogP contribution in [-0.4, -0.2) is 6.54 Å². The van der Waals surface area contributed by atoms with Gasteiger partial charge < -0.3 is 5.32 Å². The van der Waals surface area contributed by atoms with Crippen LogP contribution in [0.25, 0.3) is 0 Å². The van der Waals surface area contributed by atoms with E-state index >= 15 is 0 Å². The second kappa shape index (κ2) is 7.59. The van der Waals surface area contributed by atoms with Gasteiger partial charge in [-0.15, -0.1) is 0 Å². The molecular formula is C16H15BrCl2FN. The van der Waals surface area contributed by atoms with Crippen LogP contribution in [0.1, 0.15) is 30.5 Å². The summed E-state index contributed by atoms with van der Waals surface area (Å²) < 4.78 is 15.0. The van der Waals surface area contributed by atoms with E-state index in [0.29, 0.717) is 15.6 Å². The van der Waals surface area contributed by atoms with Crippen molar-refractivity contribution in [2.45, 2.75) is 19.4 Å². The molecule has 0 spiro atoms. The smallest absolute Gasteiger partial charge is 0.128 e. The van der Waals surface area contributed by atoms with E-state index in [2.05, 4.69) is 28.2 Å². The largest absolute Gasteiger partial charge is 0.306 e. The average Bonchev–Trinajstić information content (AvgIpc) is 2.42. The van der Waals surface area contributed by atoms with Crippen molar-refractivity contribution in [1.29, 1.82) is 0 Å². The fourth-order valence-electron chi connectivity index (χ4n) is 2.17. The van der Waals surface area contributed by atoms with Crippen LogP contribution in [0.4, 0.5) is 4.39 Å². The lowest BCUT2D eigenvalue weighted by Crippen LogP contribution is -2.24. The van der Waals surface area contributed by atoms with Crippen molar-refractivity contribution >= 4 is 39.1 Å². The summed E-state index contributed by atoms with van der Waals surface area (Å²) in [7, 11) is 0. The Bertz CT molecular complexity index is 613. The summed E-state index contributed by atoms with van der Waals surface area (Å²) in [5, 5.41) is 4.42. The van der Waals surface area contributed by atoms with Gasteiger partial charge in [-0.25, -0.2) is 4.39 Å². The van der Waals surface area contributed by atoms with E-state index in [1.807, 2.05) is 0 Å². The fraction of sp³-hybridized carbons (Fsp3) is 0.250. The molecule has 2 aromatic rings. The highest BCUT2D eigenvalue weighted by molar-refractivity contribution is 9.10. The summed E-state index contributed by atoms with van der Waals surface area (Å²) in [5.41, 5.74) is 1.41. The van der Waals surface area contributed by atoms with Crippen LogP contribution in [0, 0.1) is 5.82 Å². The minimum absolute atomic E-state index is 0.261. The van der Waals surface area contributed by atoms with Crippen molar-refractivity contribution in [3.8, 4) is 0 Å². The first kappa shape index (κ1) is 16.8. The zero-order chi connectivity index (χ0) is 15.4. The highest BCUT2D eigenvalue weighted by Crippen LogP contribution is 2.30. The average molecular weight is 391 g/mol. The molecule has 5 heteroatoms. The standard InChI is InChI=1S/C16H15BrCl2FN/c1-2-5-21-16(10-6-12(18)9-13(19)7-10)14-8-11(17)3-4-15(14)20/h3-4,6-9,16,21H,2,5H2,1H3. The van der Waals surface area contributed by atoms with E-state index in [-0.39, 0.29) is 11.9 Å². The van der Waals surface area contributed by atoms with Crippen molar-refractivity contribution in [1.82, 2.24) is 5.32 Å². The third kappa shape index (κ3) is 4.43. The van der Waals surface area contributed by atoms with E-state index in [0.717, 1.165) is 23.0 Å². The lowest BCUT2D eigenvalue weighted by Gasteiger charge is -2.21. The molecule has 1 nitrogen and oxygen atoms in total. The Labute approximate surface area is 142 Å². The first-order valence-corrected chi connectivity index (χ1v) is 8.20. The number of benzene rings is 2. The predicted molar refractivity (Wildman–Crippen MR) is 90.7 cm³/mol. The second-order valence-electron chi connectivity index (χ2n) is 4.76.